The van der Waals surface area contributed by atoms with E-state index in [1.165, 1.54) is 23.0 Å². The molecular weight excluding hydrogens is 276 g/mol. The number of hydrogen-bond acceptors (Lipinski definition) is 6. The van der Waals surface area contributed by atoms with E-state index in [9.17, 15) is 14.9 Å². The Labute approximate surface area is 120 Å². The monoisotopic (exact) mass is 290 g/mol. The molecule has 2 rings (SSSR count). The molecule has 0 amide bonds. The number of non-ortho nitro benzene ring substituents is 1. The van der Waals surface area contributed by atoms with Crippen LogP contribution in [0.1, 0.15) is 23.0 Å². The zero-order chi connectivity index (χ0) is 15.6. The second-order valence-corrected chi connectivity index (χ2v) is 4.30. The topological polar surface area (TPSA) is 113 Å². The number of carbonyl (C=O) groups is 1. The number of rotatable bonds is 4. The fourth-order valence-electron chi connectivity index (χ4n) is 1.93. The third kappa shape index (κ3) is 2.69. The molecule has 0 atom stereocenters. The lowest BCUT2D eigenvalue weighted by molar-refractivity contribution is -0.384. The number of imidazole rings is 1. The van der Waals surface area contributed by atoms with E-state index in [0.29, 0.717) is 11.3 Å². The fourth-order valence-corrected chi connectivity index (χ4v) is 1.93. The summed E-state index contributed by atoms with van der Waals surface area (Å²) >= 11 is 0. The Morgan fingerprint density at radius 1 is 1.52 bits per heavy atom. The molecule has 1 aromatic heterocycles. The second-order valence-electron chi connectivity index (χ2n) is 4.30. The summed E-state index contributed by atoms with van der Waals surface area (Å²) in [4.78, 5) is 25.9. The van der Waals surface area contributed by atoms with Crippen molar-refractivity contribution in [3.05, 3.63) is 45.9 Å². The third-order valence-electron chi connectivity index (χ3n) is 2.92. The molecule has 0 aliphatic rings. The van der Waals surface area contributed by atoms with Crippen LogP contribution in [0.15, 0.2) is 24.5 Å². The standard InChI is InChI=1S/C13H14N4O4/c1-3-21-13(18)11-12(14)16(7-15-11)10-5-4-9(17(19)20)6-8(10)2/h4-7H,3,14H2,1-2H3. The van der Waals surface area contributed by atoms with Gasteiger partial charge in [-0.2, -0.15) is 0 Å². The molecule has 110 valence electrons. The molecule has 0 aliphatic carbocycles. The molecule has 21 heavy (non-hydrogen) atoms. The molecular formula is C13H14N4O4. The van der Waals surface area contributed by atoms with Crippen LogP contribution in [0.25, 0.3) is 5.69 Å². The predicted molar refractivity (Wildman–Crippen MR) is 75.3 cm³/mol. The van der Waals surface area contributed by atoms with Crippen LogP contribution in [0.2, 0.25) is 0 Å². The normalized spacial score (nSPS) is 10.4. The largest absolute Gasteiger partial charge is 0.461 e. The van der Waals surface area contributed by atoms with E-state index in [1.54, 1.807) is 19.9 Å². The van der Waals surface area contributed by atoms with Crippen molar-refractivity contribution in [1.29, 1.82) is 0 Å². The molecule has 0 saturated carbocycles. The van der Waals surface area contributed by atoms with Crippen molar-refractivity contribution in [2.75, 3.05) is 12.3 Å². The molecule has 1 aromatic carbocycles. The number of aromatic nitrogens is 2. The maximum absolute atomic E-state index is 11.7. The quantitative estimate of drug-likeness (QED) is 0.522. The van der Waals surface area contributed by atoms with E-state index in [0.717, 1.165) is 0 Å². The Morgan fingerprint density at radius 3 is 2.81 bits per heavy atom. The Kier molecular flexibility index (Phi) is 3.88. The summed E-state index contributed by atoms with van der Waals surface area (Å²) in [5, 5.41) is 10.7. The molecule has 1 heterocycles. The number of anilines is 1. The summed E-state index contributed by atoms with van der Waals surface area (Å²) in [5.74, 6) is -0.473. The summed E-state index contributed by atoms with van der Waals surface area (Å²) < 4.78 is 6.35. The van der Waals surface area contributed by atoms with Gasteiger partial charge in [-0.3, -0.25) is 14.7 Å². The lowest BCUT2D eigenvalue weighted by Crippen LogP contribution is -2.09. The van der Waals surface area contributed by atoms with Gasteiger partial charge in [-0.1, -0.05) is 0 Å². The number of nitrogens with two attached hydrogens (primary N) is 1. The highest BCUT2D eigenvalue weighted by molar-refractivity contribution is 5.92. The molecule has 0 spiro atoms. The average molecular weight is 290 g/mol. The van der Waals surface area contributed by atoms with Crippen LogP contribution in [-0.4, -0.2) is 27.1 Å². The number of nitro benzene ring substituents is 1. The lowest BCUT2D eigenvalue weighted by atomic mass is 10.2. The van der Waals surface area contributed by atoms with E-state index >= 15 is 0 Å². The van der Waals surface area contributed by atoms with Crippen LogP contribution < -0.4 is 5.73 Å². The molecule has 0 saturated heterocycles. The van der Waals surface area contributed by atoms with Crippen molar-refractivity contribution in [3.8, 4) is 5.69 Å². The molecule has 8 nitrogen and oxygen atoms in total. The van der Waals surface area contributed by atoms with Gasteiger partial charge in [-0.25, -0.2) is 9.78 Å². The van der Waals surface area contributed by atoms with Crippen LogP contribution in [0.5, 0.6) is 0 Å². The van der Waals surface area contributed by atoms with E-state index in [1.807, 2.05) is 0 Å². The van der Waals surface area contributed by atoms with Crippen molar-refractivity contribution >= 4 is 17.5 Å². The number of hydrogen-bond donors (Lipinski definition) is 1. The minimum absolute atomic E-state index is 0.0134. The zero-order valence-corrected chi connectivity index (χ0v) is 11.6. The van der Waals surface area contributed by atoms with Crippen molar-refractivity contribution < 1.29 is 14.5 Å². The van der Waals surface area contributed by atoms with Gasteiger partial charge in [0.15, 0.2) is 5.69 Å². The van der Waals surface area contributed by atoms with Crippen molar-refractivity contribution in [2.24, 2.45) is 0 Å². The van der Waals surface area contributed by atoms with Crippen molar-refractivity contribution in [2.45, 2.75) is 13.8 Å². The highest BCUT2D eigenvalue weighted by atomic mass is 16.6. The van der Waals surface area contributed by atoms with Crippen molar-refractivity contribution in [1.82, 2.24) is 9.55 Å². The summed E-state index contributed by atoms with van der Waals surface area (Å²) in [6.45, 7) is 3.62. The number of benzene rings is 1. The Morgan fingerprint density at radius 2 is 2.24 bits per heavy atom. The lowest BCUT2D eigenvalue weighted by Gasteiger charge is -2.08. The number of ether oxygens (including phenoxy) is 1. The molecule has 0 bridgehead atoms. The van der Waals surface area contributed by atoms with Gasteiger partial charge < -0.3 is 10.5 Å². The number of nitrogen functional groups attached to an aromatic ring is 1. The summed E-state index contributed by atoms with van der Waals surface area (Å²) in [6, 6.07) is 4.35. The number of carbonyl (C=O) groups excluding carboxylic acids is 1. The molecule has 0 radical (unpaired) electrons. The van der Waals surface area contributed by atoms with Gasteiger partial charge in [0.2, 0.25) is 0 Å². The van der Waals surface area contributed by atoms with Crippen LogP contribution >= 0.6 is 0 Å². The van der Waals surface area contributed by atoms with Gasteiger partial charge >= 0.3 is 5.97 Å². The SMILES string of the molecule is CCOC(=O)c1ncn(-c2ccc([N+](=O)[O-])cc2C)c1N. The van der Waals surface area contributed by atoms with Gasteiger partial charge in [-0.15, -0.1) is 0 Å². The highest BCUT2D eigenvalue weighted by Crippen LogP contribution is 2.24. The van der Waals surface area contributed by atoms with Gasteiger partial charge in [0.05, 0.1) is 17.2 Å². The molecule has 2 aromatic rings. The number of nitro groups is 1. The second kappa shape index (κ2) is 5.61. The number of aryl methyl sites for hydroxylation is 1. The average Bonchev–Trinajstić information content (AvgIpc) is 2.80. The highest BCUT2D eigenvalue weighted by Gasteiger charge is 2.19. The summed E-state index contributed by atoms with van der Waals surface area (Å²) in [7, 11) is 0. The zero-order valence-electron chi connectivity index (χ0n) is 11.6. The number of nitrogens with zero attached hydrogens (tertiary/aromatic N) is 3. The van der Waals surface area contributed by atoms with Gasteiger partial charge in [0.25, 0.3) is 5.69 Å². The van der Waals surface area contributed by atoms with Gasteiger partial charge in [0, 0.05) is 12.1 Å². The Bertz CT molecular complexity index is 708. The maximum Gasteiger partial charge on any atom is 0.360 e. The smallest absolute Gasteiger partial charge is 0.360 e. The van der Waals surface area contributed by atoms with Crippen LogP contribution in [0, 0.1) is 17.0 Å². The minimum Gasteiger partial charge on any atom is -0.461 e. The molecule has 0 aliphatic heterocycles. The molecule has 0 unspecified atom stereocenters. The van der Waals surface area contributed by atoms with Crippen molar-refractivity contribution in [3.63, 3.8) is 0 Å². The minimum atomic E-state index is -0.603. The van der Waals surface area contributed by atoms with E-state index in [2.05, 4.69) is 4.98 Å². The predicted octanol–water partition coefficient (Wildman–Crippen LogP) is 1.85. The Hall–Kier alpha value is -2.90. The summed E-state index contributed by atoms with van der Waals surface area (Å²) in [6.07, 6.45) is 1.38. The first kappa shape index (κ1) is 14.5. The van der Waals surface area contributed by atoms with E-state index in [-0.39, 0.29) is 23.8 Å². The van der Waals surface area contributed by atoms with Crippen LogP contribution in [0.4, 0.5) is 11.5 Å². The van der Waals surface area contributed by atoms with E-state index in [4.69, 9.17) is 10.5 Å². The Balaban J connectivity index is 2.44. The van der Waals surface area contributed by atoms with Gasteiger partial charge in [0.1, 0.15) is 12.1 Å². The molecule has 2 N–H and O–H groups in total. The first-order valence-corrected chi connectivity index (χ1v) is 6.21. The first-order valence-electron chi connectivity index (χ1n) is 6.21. The third-order valence-corrected chi connectivity index (χ3v) is 2.92. The molecule has 8 heteroatoms. The van der Waals surface area contributed by atoms with Crippen LogP contribution in [0.3, 0.4) is 0 Å². The number of esters is 1. The van der Waals surface area contributed by atoms with E-state index < -0.39 is 10.9 Å². The van der Waals surface area contributed by atoms with Gasteiger partial charge in [-0.05, 0) is 25.5 Å². The summed E-state index contributed by atoms with van der Waals surface area (Å²) in [5.41, 5.74) is 7.16. The first-order chi connectivity index (χ1) is 9.95. The maximum atomic E-state index is 11.7. The fraction of sp³-hybridized carbons (Fsp3) is 0.231. The van der Waals surface area contributed by atoms with Crippen LogP contribution in [-0.2, 0) is 4.74 Å². The molecule has 0 fully saturated rings.